The Balaban J connectivity index is 1.90. The zero-order chi connectivity index (χ0) is 21.3. The van der Waals surface area contributed by atoms with Crippen LogP contribution in [0, 0.1) is 0 Å². The summed E-state index contributed by atoms with van der Waals surface area (Å²) in [6, 6.07) is 21.9. The molecule has 0 bridgehead atoms. The minimum absolute atomic E-state index is 0.153. The summed E-state index contributed by atoms with van der Waals surface area (Å²) in [6.07, 6.45) is 0. The quantitative estimate of drug-likeness (QED) is 0.257. The first kappa shape index (κ1) is 21.4. The van der Waals surface area contributed by atoms with Gasteiger partial charge in [-0.2, -0.15) is 0 Å². The Kier molecular flexibility index (Phi) is 6.20. The standard InChI is InChI=1S/C22H17Br2NO3S2/c1-28-16-11-12-19(23)15(13-16)14-25(30(26,27)17-7-3-2-4-8-17)22-21(24)18-9-5-6-10-20(18)29-22/h2-13H,14H2,1H3. The molecule has 0 amide bonds. The number of benzene rings is 3. The molecule has 0 aliphatic rings. The number of hydrogen-bond acceptors (Lipinski definition) is 4. The zero-order valence-electron chi connectivity index (χ0n) is 15.9. The Morgan fingerprint density at radius 3 is 2.37 bits per heavy atom. The molecule has 0 saturated heterocycles. The third kappa shape index (κ3) is 4.01. The molecular formula is C22H17Br2NO3S2. The number of anilines is 1. The van der Waals surface area contributed by atoms with E-state index in [0.717, 1.165) is 24.6 Å². The van der Waals surface area contributed by atoms with Crippen molar-refractivity contribution in [2.75, 3.05) is 11.4 Å². The molecule has 4 rings (SSSR count). The Bertz CT molecular complexity index is 1300. The second kappa shape index (κ2) is 8.70. The summed E-state index contributed by atoms with van der Waals surface area (Å²) < 4.78 is 36.8. The first-order valence-electron chi connectivity index (χ1n) is 8.99. The summed E-state index contributed by atoms with van der Waals surface area (Å²) in [5, 5.41) is 1.62. The van der Waals surface area contributed by atoms with Gasteiger partial charge in [0.15, 0.2) is 0 Å². The Morgan fingerprint density at radius 1 is 0.967 bits per heavy atom. The minimum atomic E-state index is -3.81. The first-order valence-corrected chi connectivity index (χ1v) is 12.8. The van der Waals surface area contributed by atoms with Crippen LogP contribution >= 0.6 is 43.2 Å². The summed E-state index contributed by atoms with van der Waals surface area (Å²) >= 11 is 8.64. The molecule has 0 saturated carbocycles. The maximum absolute atomic E-state index is 13.7. The van der Waals surface area contributed by atoms with E-state index < -0.39 is 10.0 Å². The highest BCUT2D eigenvalue weighted by molar-refractivity contribution is 9.11. The van der Waals surface area contributed by atoms with Crippen LogP contribution in [0.1, 0.15) is 5.56 Å². The van der Waals surface area contributed by atoms with Crippen molar-refractivity contribution in [1.29, 1.82) is 0 Å². The average Bonchev–Trinajstić information content (AvgIpc) is 3.10. The zero-order valence-corrected chi connectivity index (χ0v) is 20.7. The number of hydrogen-bond donors (Lipinski definition) is 0. The highest BCUT2D eigenvalue weighted by Gasteiger charge is 2.29. The summed E-state index contributed by atoms with van der Waals surface area (Å²) in [5.41, 5.74) is 0.804. The number of methoxy groups -OCH3 is 1. The number of fused-ring (bicyclic) bond motifs is 1. The molecule has 4 aromatic rings. The van der Waals surface area contributed by atoms with Gasteiger partial charge in [0.1, 0.15) is 10.8 Å². The molecule has 1 heterocycles. The van der Waals surface area contributed by atoms with Gasteiger partial charge in [-0.3, -0.25) is 4.31 Å². The van der Waals surface area contributed by atoms with Gasteiger partial charge in [0, 0.05) is 14.6 Å². The van der Waals surface area contributed by atoms with Crippen molar-refractivity contribution in [3.05, 3.63) is 87.3 Å². The van der Waals surface area contributed by atoms with Crippen LogP contribution in [0.3, 0.4) is 0 Å². The van der Waals surface area contributed by atoms with Crippen LogP contribution in [0.2, 0.25) is 0 Å². The van der Waals surface area contributed by atoms with Gasteiger partial charge in [0.25, 0.3) is 10.0 Å². The van der Waals surface area contributed by atoms with E-state index in [9.17, 15) is 8.42 Å². The van der Waals surface area contributed by atoms with E-state index in [1.807, 2.05) is 42.5 Å². The van der Waals surface area contributed by atoms with Gasteiger partial charge in [0.05, 0.1) is 23.0 Å². The van der Waals surface area contributed by atoms with Crippen molar-refractivity contribution in [1.82, 2.24) is 0 Å². The van der Waals surface area contributed by atoms with Crippen molar-refractivity contribution < 1.29 is 13.2 Å². The number of thiophene rings is 1. The summed E-state index contributed by atoms with van der Waals surface area (Å²) in [4.78, 5) is 0.244. The molecule has 3 aromatic carbocycles. The molecule has 0 fully saturated rings. The maximum atomic E-state index is 13.7. The molecule has 154 valence electrons. The maximum Gasteiger partial charge on any atom is 0.265 e. The summed E-state index contributed by atoms with van der Waals surface area (Å²) in [7, 11) is -2.22. The molecule has 0 aliphatic heterocycles. The Labute approximate surface area is 196 Å². The molecule has 30 heavy (non-hydrogen) atoms. The largest absolute Gasteiger partial charge is 0.497 e. The topological polar surface area (TPSA) is 46.6 Å². The normalized spacial score (nSPS) is 11.6. The van der Waals surface area contributed by atoms with E-state index in [1.165, 1.54) is 15.6 Å². The lowest BCUT2D eigenvalue weighted by Gasteiger charge is -2.24. The molecule has 4 nitrogen and oxygen atoms in total. The van der Waals surface area contributed by atoms with Crippen molar-refractivity contribution >= 4 is 68.3 Å². The van der Waals surface area contributed by atoms with Gasteiger partial charge >= 0.3 is 0 Å². The van der Waals surface area contributed by atoms with Crippen LogP contribution in [0.5, 0.6) is 5.75 Å². The van der Waals surface area contributed by atoms with Gasteiger partial charge < -0.3 is 4.74 Å². The van der Waals surface area contributed by atoms with Crippen molar-refractivity contribution in [3.8, 4) is 5.75 Å². The molecular weight excluding hydrogens is 550 g/mol. The number of halogens is 2. The number of nitrogens with zero attached hydrogens (tertiary/aromatic N) is 1. The van der Waals surface area contributed by atoms with E-state index in [0.29, 0.717) is 10.8 Å². The van der Waals surface area contributed by atoms with Crippen LogP contribution in [-0.2, 0) is 16.6 Å². The van der Waals surface area contributed by atoms with Crippen LogP contribution in [-0.4, -0.2) is 15.5 Å². The smallest absolute Gasteiger partial charge is 0.265 e. The highest BCUT2D eigenvalue weighted by atomic mass is 79.9. The van der Waals surface area contributed by atoms with Crippen LogP contribution in [0.15, 0.2) is 86.6 Å². The average molecular weight is 567 g/mol. The molecule has 0 radical (unpaired) electrons. The van der Waals surface area contributed by atoms with Crippen molar-refractivity contribution in [2.24, 2.45) is 0 Å². The number of rotatable bonds is 6. The van der Waals surface area contributed by atoms with Crippen molar-refractivity contribution in [2.45, 2.75) is 11.4 Å². The monoisotopic (exact) mass is 565 g/mol. The summed E-state index contributed by atoms with van der Waals surface area (Å²) in [5.74, 6) is 0.667. The predicted molar refractivity (Wildman–Crippen MR) is 130 cm³/mol. The minimum Gasteiger partial charge on any atom is -0.497 e. The highest BCUT2D eigenvalue weighted by Crippen LogP contribution is 2.44. The lowest BCUT2D eigenvalue weighted by atomic mass is 10.2. The summed E-state index contributed by atoms with van der Waals surface area (Å²) in [6.45, 7) is 0.153. The molecule has 0 aliphatic carbocycles. The van der Waals surface area contributed by atoms with E-state index in [4.69, 9.17) is 4.74 Å². The lowest BCUT2D eigenvalue weighted by molar-refractivity contribution is 0.414. The van der Waals surface area contributed by atoms with Crippen LogP contribution < -0.4 is 9.04 Å². The van der Waals surface area contributed by atoms with Gasteiger partial charge in [-0.25, -0.2) is 8.42 Å². The SMILES string of the molecule is COc1ccc(Br)c(CN(c2sc3ccccc3c2Br)S(=O)(=O)c2ccccc2)c1. The number of sulfonamides is 1. The van der Waals surface area contributed by atoms with Crippen LogP contribution in [0.4, 0.5) is 5.00 Å². The van der Waals surface area contributed by atoms with Gasteiger partial charge in [-0.15, -0.1) is 11.3 Å². The van der Waals surface area contributed by atoms with Crippen molar-refractivity contribution in [3.63, 3.8) is 0 Å². The predicted octanol–water partition coefficient (Wildman–Crippen LogP) is 6.83. The third-order valence-electron chi connectivity index (χ3n) is 4.64. The fourth-order valence-corrected chi connectivity index (χ4v) is 7.31. The molecule has 0 unspecified atom stereocenters. The fourth-order valence-electron chi connectivity index (χ4n) is 3.10. The molecule has 0 atom stereocenters. The third-order valence-corrected chi connectivity index (χ3v) is 9.55. The Morgan fingerprint density at radius 2 is 1.67 bits per heavy atom. The second-order valence-corrected chi connectivity index (χ2v) is 11.0. The van der Waals surface area contributed by atoms with Gasteiger partial charge in [0.2, 0.25) is 0 Å². The lowest BCUT2D eigenvalue weighted by Crippen LogP contribution is -2.30. The second-order valence-electron chi connectivity index (χ2n) is 6.50. The molecule has 0 spiro atoms. The van der Waals surface area contributed by atoms with Gasteiger partial charge in [-0.05, 0) is 57.9 Å². The molecule has 0 N–H and O–H groups in total. The molecule has 8 heteroatoms. The first-order chi connectivity index (χ1) is 14.4. The van der Waals surface area contributed by atoms with Crippen LogP contribution in [0.25, 0.3) is 10.1 Å². The van der Waals surface area contributed by atoms with Gasteiger partial charge in [-0.1, -0.05) is 52.3 Å². The molecule has 1 aromatic heterocycles. The number of ether oxygens (including phenoxy) is 1. The van der Waals surface area contributed by atoms with E-state index in [-0.39, 0.29) is 11.4 Å². The Hall–Kier alpha value is -1.87. The van der Waals surface area contributed by atoms with E-state index in [1.54, 1.807) is 37.4 Å². The van der Waals surface area contributed by atoms with E-state index >= 15 is 0 Å². The fraction of sp³-hybridized carbons (Fsp3) is 0.0909. The van der Waals surface area contributed by atoms with E-state index in [2.05, 4.69) is 31.9 Å².